The highest BCUT2D eigenvalue weighted by molar-refractivity contribution is 7.16. The van der Waals surface area contributed by atoms with Crippen LogP contribution in [0, 0.1) is 0 Å². The fourth-order valence-corrected chi connectivity index (χ4v) is 2.50. The zero-order valence-electron chi connectivity index (χ0n) is 10.1. The van der Waals surface area contributed by atoms with Gasteiger partial charge in [0.2, 0.25) is 0 Å². The molecule has 0 bridgehead atoms. The summed E-state index contributed by atoms with van der Waals surface area (Å²) in [6, 6.07) is 5.33. The number of nitrogens with zero attached hydrogens (tertiary/aromatic N) is 1. The monoisotopic (exact) mass is 297 g/mol. The number of ether oxygens (including phenoxy) is 1. The summed E-state index contributed by atoms with van der Waals surface area (Å²) in [4.78, 5) is 16.7. The summed E-state index contributed by atoms with van der Waals surface area (Å²) in [5, 5.41) is 3.10. The highest BCUT2D eigenvalue weighted by Crippen LogP contribution is 2.22. The highest BCUT2D eigenvalue weighted by atomic mass is 35.5. The Morgan fingerprint density at radius 2 is 2.37 bits per heavy atom. The van der Waals surface area contributed by atoms with E-state index in [2.05, 4.69) is 15.0 Å². The van der Waals surface area contributed by atoms with Crippen molar-refractivity contribution in [3.8, 4) is 0 Å². The summed E-state index contributed by atoms with van der Waals surface area (Å²) >= 11 is 7.33. The van der Waals surface area contributed by atoms with Crippen LogP contribution in [0.15, 0.2) is 24.4 Å². The van der Waals surface area contributed by atoms with Gasteiger partial charge in [0.1, 0.15) is 5.82 Å². The Morgan fingerprint density at radius 3 is 3.00 bits per heavy atom. The molecule has 0 saturated heterocycles. The third-order valence-corrected chi connectivity index (χ3v) is 3.64. The van der Waals surface area contributed by atoms with Crippen molar-refractivity contribution in [3.05, 3.63) is 39.2 Å². The number of hydrogen-bond acceptors (Lipinski definition) is 6. The number of carbonyl (C=O) groups excluding carboxylic acids is 1. The molecule has 0 fully saturated rings. The number of nitrogen functional groups attached to an aromatic ring is 1. The highest BCUT2D eigenvalue weighted by Gasteiger charge is 2.11. The molecule has 0 aromatic carbocycles. The Kier molecular flexibility index (Phi) is 4.24. The lowest BCUT2D eigenvalue weighted by atomic mass is 10.2. The maximum Gasteiger partial charge on any atom is 0.340 e. The van der Waals surface area contributed by atoms with Crippen LogP contribution in [0.4, 0.5) is 11.5 Å². The summed E-state index contributed by atoms with van der Waals surface area (Å²) in [6.07, 6.45) is 1.43. The first-order valence-electron chi connectivity index (χ1n) is 5.42. The molecule has 5 nitrogen and oxygen atoms in total. The molecule has 100 valence electrons. The van der Waals surface area contributed by atoms with Gasteiger partial charge in [0.05, 0.1) is 35.4 Å². The number of hydrogen-bond donors (Lipinski definition) is 2. The second kappa shape index (κ2) is 5.90. The van der Waals surface area contributed by atoms with Gasteiger partial charge in [-0.2, -0.15) is 0 Å². The Balaban J connectivity index is 2.10. The molecule has 0 aliphatic rings. The topological polar surface area (TPSA) is 77.2 Å². The zero-order chi connectivity index (χ0) is 13.8. The van der Waals surface area contributed by atoms with Crippen molar-refractivity contribution in [2.45, 2.75) is 6.54 Å². The lowest BCUT2D eigenvalue weighted by molar-refractivity contribution is 0.0602. The number of pyridine rings is 1. The molecule has 7 heteroatoms. The Labute approximate surface area is 119 Å². The summed E-state index contributed by atoms with van der Waals surface area (Å²) in [5.41, 5.74) is 6.25. The van der Waals surface area contributed by atoms with Gasteiger partial charge in [0.15, 0.2) is 0 Å². The first-order valence-corrected chi connectivity index (χ1v) is 6.61. The summed E-state index contributed by atoms with van der Waals surface area (Å²) in [5.74, 6) is 0.0706. The van der Waals surface area contributed by atoms with Crippen molar-refractivity contribution < 1.29 is 9.53 Å². The maximum atomic E-state index is 11.5. The minimum absolute atomic E-state index is 0.288. The van der Waals surface area contributed by atoms with Crippen LogP contribution >= 0.6 is 22.9 Å². The van der Waals surface area contributed by atoms with Crippen molar-refractivity contribution in [2.24, 2.45) is 0 Å². The quantitative estimate of drug-likeness (QED) is 0.849. The van der Waals surface area contributed by atoms with Gasteiger partial charge < -0.3 is 15.8 Å². The van der Waals surface area contributed by atoms with E-state index in [0.717, 1.165) is 9.21 Å². The fraction of sp³-hybridized carbons (Fsp3) is 0.167. The fourth-order valence-electron chi connectivity index (χ4n) is 1.47. The molecule has 2 aromatic heterocycles. The molecular formula is C12H12ClN3O2S. The van der Waals surface area contributed by atoms with E-state index < -0.39 is 5.97 Å². The van der Waals surface area contributed by atoms with Crippen molar-refractivity contribution >= 4 is 40.4 Å². The second-order valence-electron chi connectivity index (χ2n) is 3.71. The number of anilines is 2. The lowest BCUT2D eigenvalue weighted by Crippen LogP contribution is -2.08. The van der Waals surface area contributed by atoms with Crippen LogP contribution in [0.3, 0.4) is 0 Å². The maximum absolute atomic E-state index is 11.5. The van der Waals surface area contributed by atoms with Gasteiger partial charge in [-0.05, 0) is 18.2 Å². The van der Waals surface area contributed by atoms with Crippen LogP contribution in [0.1, 0.15) is 15.2 Å². The predicted molar refractivity (Wildman–Crippen MR) is 76.6 cm³/mol. The van der Waals surface area contributed by atoms with Crippen LogP contribution < -0.4 is 11.1 Å². The van der Waals surface area contributed by atoms with E-state index in [-0.39, 0.29) is 5.69 Å². The normalized spacial score (nSPS) is 10.2. The first kappa shape index (κ1) is 13.6. The van der Waals surface area contributed by atoms with Crippen LogP contribution in [0.5, 0.6) is 0 Å². The van der Waals surface area contributed by atoms with Gasteiger partial charge in [0.25, 0.3) is 0 Å². The SMILES string of the molecule is COC(=O)c1cc(NCc2ccc(Cl)s2)ncc1N. The number of nitrogens with one attached hydrogen (secondary N) is 1. The van der Waals surface area contributed by atoms with Crippen molar-refractivity contribution in [1.82, 2.24) is 4.98 Å². The van der Waals surface area contributed by atoms with Crippen molar-refractivity contribution in [2.75, 3.05) is 18.2 Å². The van der Waals surface area contributed by atoms with Crippen molar-refractivity contribution in [3.63, 3.8) is 0 Å². The molecular weight excluding hydrogens is 286 g/mol. The van der Waals surface area contributed by atoms with E-state index in [9.17, 15) is 4.79 Å². The number of esters is 1. The standard InChI is InChI=1S/C12H12ClN3O2S/c1-18-12(17)8-4-11(16-6-9(8)14)15-5-7-2-3-10(13)19-7/h2-4,6H,5,14H2,1H3,(H,15,16). The number of rotatable bonds is 4. The number of aromatic nitrogens is 1. The smallest absolute Gasteiger partial charge is 0.340 e. The average Bonchev–Trinajstić information content (AvgIpc) is 2.83. The van der Waals surface area contributed by atoms with E-state index in [1.54, 1.807) is 6.07 Å². The lowest BCUT2D eigenvalue weighted by Gasteiger charge is -2.07. The van der Waals surface area contributed by atoms with Crippen LogP contribution in [-0.4, -0.2) is 18.1 Å². The second-order valence-corrected chi connectivity index (χ2v) is 5.51. The van der Waals surface area contributed by atoms with Gasteiger partial charge in [-0.15, -0.1) is 11.3 Å². The molecule has 19 heavy (non-hydrogen) atoms. The number of carbonyl (C=O) groups is 1. The van der Waals surface area contributed by atoms with E-state index >= 15 is 0 Å². The van der Waals surface area contributed by atoms with E-state index in [4.69, 9.17) is 17.3 Å². The van der Waals surface area contributed by atoms with E-state index in [1.165, 1.54) is 24.6 Å². The number of halogens is 1. The third kappa shape index (κ3) is 3.36. The predicted octanol–water partition coefficient (Wildman–Crippen LogP) is 2.78. The molecule has 0 unspecified atom stereocenters. The Bertz CT molecular complexity index is 600. The molecule has 0 saturated carbocycles. The Morgan fingerprint density at radius 1 is 1.58 bits per heavy atom. The molecule has 0 radical (unpaired) electrons. The molecule has 0 aliphatic heterocycles. The molecule has 2 rings (SSSR count). The zero-order valence-corrected chi connectivity index (χ0v) is 11.7. The molecule has 0 atom stereocenters. The average molecular weight is 298 g/mol. The van der Waals surface area contributed by atoms with E-state index in [1.807, 2.05) is 12.1 Å². The minimum atomic E-state index is -0.484. The molecule has 0 aliphatic carbocycles. The van der Waals surface area contributed by atoms with Gasteiger partial charge in [-0.1, -0.05) is 11.6 Å². The molecule has 0 amide bonds. The first-order chi connectivity index (χ1) is 9.10. The third-order valence-electron chi connectivity index (χ3n) is 2.41. The van der Waals surface area contributed by atoms with Gasteiger partial charge in [-0.25, -0.2) is 9.78 Å². The largest absolute Gasteiger partial charge is 0.465 e. The molecule has 2 heterocycles. The summed E-state index contributed by atoms with van der Waals surface area (Å²) in [7, 11) is 1.31. The van der Waals surface area contributed by atoms with Crippen LogP contribution in [0.25, 0.3) is 0 Å². The summed E-state index contributed by atoms with van der Waals surface area (Å²) in [6.45, 7) is 0.578. The molecule has 3 N–H and O–H groups in total. The minimum Gasteiger partial charge on any atom is -0.465 e. The van der Waals surface area contributed by atoms with E-state index in [0.29, 0.717) is 17.9 Å². The van der Waals surface area contributed by atoms with Gasteiger partial charge in [-0.3, -0.25) is 0 Å². The number of methoxy groups -OCH3 is 1. The molecule has 0 spiro atoms. The number of thiophene rings is 1. The Hall–Kier alpha value is -1.79. The summed E-state index contributed by atoms with van der Waals surface area (Å²) < 4.78 is 5.38. The van der Waals surface area contributed by atoms with Crippen molar-refractivity contribution in [1.29, 1.82) is 0 Å². The number of nitrogens with two attached hydrogens (primary N) is 1. The van der Waals surface area contributed by atoms with Crippen LogP contribution in [-0.2, 0) is 11.3 Å². The van der Waals surface area contributed by atoms with Gasteiger partial charge in [0, 0.05) is 4.88 Å². The van der Waals surface area contributed by atoms with Crippen LogP contribution in [0.2, 0.25) is 4.34 Å². The molecule has 2 aromatic rings. The van der Waals surface area contributed by atoms with Gasteiger partial charge >= 0.3 is 5.97 Å².